The Labute approximate surface area is 174 Å². The molecule has 2 fully saturated rings. The van der Waals surface area contributed by atoms with Crippen LogP contribution in [0.5, 0.6) is 0 Å². The van der Waals surface area contributed by atoms with Crippen molar-refractivity contribution in [3.05, 3.63) is 59.8 Å². The van der Waals surface area contributed by atoms with E-state index in [1.807, 2.05) is 0 Å². The predicted molar refractivity (Wildman–Crippen MR) is 106 cm³/mol. The molecule has 0 N–H and O–H groups in total. The van der Waals surface area contributed by atoms with Gasteiger partial charge in [-0.1, -0.05) is 12.1 Å². The normalized spacial score (nSPS) is 19.6. The lowest BCUT2D eigenvalue weighted by atomic mass is 10.00. The maximum absolute atomic E-state index is 13.9. The highest BCUT2D eigenvalue weighted by atomic mass is 19.1. The van der Waals surface area contributed by atoms with Crippen LogP contribution in [0.15, 0.2) is 47.1 Å². The smallest absolute Gasteiger partial charge is 0.290 e. The van der Waals surface area contributed by atoms with E-state index in [9.17, 15) is 18.8 Å². The Morgan fingerprint density at radius 2 is 1.60 bits per heavy atom. The van der Waals surface area contributed by atoms with Crippen LogP contribution in [-0.2, 0) is 4.79 Å². The van der Waals surface area contributed by atoms with Gasteiger partial charge < -0.3 is 19.1 Å². The molecule has 1 aromatic heterocycles. The molecule has 0 spiro atoms. The van der Waals surface area contributed by atoms with E-state index in [2.05, 4.69) is 0 Å². The minimum atomic E-state index is -0.546. The van der Waals surface area contributed by atoms with Gasteiger partial charge in [-0.15, -0.1) is 0 Å². The number of rotatable bonds is 3. The second-order valence-corrected chi connectivity index (χ2v) is 7.58. The number of piperazine rings is 1. The number of benzene rings is 1. The molecule has 0 bridgehead atoms. The third kappa shape index (κ3) is 3.94. The quantitative estimate of drug-likeness (QED) is 0.775. The largest absolute Gasteiger partial charge is 0.459 e. The first kappa shape index (κ1) is 20.1. The van der Waals surface area contributed by atoms with Crippen molar-refractivity contribution in [1.29, 1.82) is 0 Å². The van der Waals surface area contributed by atoms with Crippen molar-refractivity contribution in [1.82, 2.24) is 14.7 Å². The second kappa shape index (κ2) is 8.69. The first-order valence-corrected chi connectivity index (χ1v) is 10.2. The van der Waals surface area contributed by atoms with Gasteiger partial charge in [-0.05, 0) is 43.5 Å². The van der Waals surface area contributed by atoms with Gasteiger partial charge in [-0.25, -0.2) is 4.39 Å². The molecule has 0 radical (unpaired) electrons. The van der Waals surface area contributed by atoms with Gasteiger partial charge in [0.2, 0.25) is 5.91 Å². The minimum Gasteiger partial charge on any atom is -0.459 e. The predicted octanol–water partition coefficient (Wildman–Crippen LogP) is 2.40. The fourth-order valence-corrected chi connectivity index (χ4v) is 4.12. The number of hydrogen-bond donors (Lipinski definition) is 0. The number of halogens is 1. The Bertz CT molecular complexity index is 922. The Morgan fingerprint density at radius 3 is 2.30 bits per heavy atom. The van der Waals surface area contributed by atoms with Crippen molar-refractivity contribution >= 4 is 17.7 Å². The zero-order valence-electron chi connectivity index (χ0n) is 16.6. The van der Waals surface area contributed by atoms with Gasteiger partial charge in [0.25, 0.3) is 11.8 Å². The molecule has 4 rings (SSSR count). The molecule has 2 saturated heterocycles. The van der Waals surface area contributed by atoms with E-state index in [0.717, 1.165) is 12.8 Å². The van der Waals surface area contributed by atoms with Crippen molar-refractivity contribution in [2.24, 2.45) is 0 Å². The van der Waals surface area contributed by atoms with E-state index in [-0.39, 0.29) is 29.0 Å². The molecule has 2 aliphatic rings. The van der Waals surface area contributed by atoms with Crippen molar-refractivity contribution < 1.29 is 23.2 Å². The minimum absolute atomic E-state index is 0.0415. The van der Waals surface area contributed by atoms with Gasteiger partial charge >= 0.3 is 0 Å². The first-order chi connectivity index (χ1) is 14.6. The number of hydrogen-bond acceptors (Lipinski definition) is 4. The van der Waals surface area contributed by atoms with Crippen molar-refractivity contribution in [3.8, 4) is 0 Å². The standard InChI is InChI=1S/C22H24FN3O4/c23-17-7-2-1-6-16(17)20(27)24-11-13-25(14-12-24)21(28)18-8-3-4-10-26(18)22(29)19-9-5-15-30-19/h1-2,5-7,9,15,18H,3-4,8,10-14H2. The zero-order valence-corrected chi connectivity index (χ0v) is 16.6. The Hall–Kier alpha value is -3.16. The van der Waals surface area contributed by atoms with Crippen LogP contribution < -0.4 is 0 Å². The summed E-state index contributed by atoms with van der Waals surface area (Å²) in [5, 5.41) is 0. The number of likely N-dealkylation sites (tertiary alicyclic amines) is 1. The van der Waals surface area contributed by atoms with Gasteiger partial charge in [-0.2, -0.15) is 0 Å². The molecule has 3 amide bonds. The molecule has 7 nitrogen and oxygen atoms in total. The molecule has 2 aromatic rings. The summed E-state index contributed by atoms with van der Waals surface area (Å²) in [4.78, 5) is 43.4. The summed E-state index contributed by atoms with van der Waals surface area (Å²) in [7, 11) is 0. The molecular weight excluding hydrogens is 389 g/mol. The van der Waals surface area contributed by atoms with E-state index in [1.165, 1.54) is 18.4 Å². The van der Waals surface area contributed by atoms with E-state index >= 15 is 0 Å². The SMILES string of the molecule is O=C(c1ccccc1F)N1CCN(C(=O)C2CCCCN2C(=O)c2ccco2)CC1. The highest BCUT2D eigenvalue weighted by Gasteiger charge is 2.37. The number of furan rings is 1. The third-order valence-corrected chi connectivity index (χ3v) is 5.76. The van der Waals surface area contributed by atoms with E-state index in [4.69, 9.17) is 4.42 Å². The zero-order chi connectivity index (χ0) is 21.1. The van der Waals surface area contributed by atoms with Crippen LogP contribution in [0, 0.1) is 5.82 Å². The van der Waals surface area contributed by atoms with E-state index in [1.54, 1.807) is 39.0 Å². The van der Waals surface area contributed by atoms with Gasteiger partial charge in [0, 0.05) is 32.7 Å². The van der Waals surface area contributed by atoms with Gasteiger partial charge in [-0.3, -0.25) is 14.4 Å². The highest BCUT2D eigenvalue weighted by Crippen LogP contribution is 2.23. The molecular formula is C22H24FN3O4. The topological polar surface area (TPSA) is 74.1 Å². The van der Waals surface area contributed by atoms with Crippen molar-refractivity contribution in [3.63, 3.8) is 0 Å². The molecule has 0 saturated carbocycles. The van der Waals surface area contributed by atoms with Gasteiger partial charge in [0.05, 0.1) is 11.8 Å². The fraction of sp³-hybridized carbons (Fsp3) is 0.409. The molecule has 158 valence electrons. The number of amides is 3. The molecule has 1 aromatic carbocycles. The Morgan fingerprint density at radius 1 is 0.867 bits per heavy atom. The van der Waals surface area contributed by atoms with Crippen LogP contribution in [0.3, 0.4) is 0 Å². The maximum atomic E-state index is 13.9. The van der Waals surface area contributed by atoms with Crippen LogP contribution in [-0.4, -0.2) is 71.2 Å². The Kier molecular flexibility index (Phi) is 5.83. The van der Waals surface area contributed by atoms with Gasteiger partial charge in [0.15, 0.2) is 5.76 Å². The second-order valence-electron chi connectivity index (χ2n) is 7.58. The maximum Gasteiger partial charge on any atom is 0.290 e. The molecule has 3 heterocycles. The lowest BCUT2D eigenvalue weighted by molar-refractivity contribution is -0.138. The Balaban J connectivity index is 1.40. The number of piperidine rings is 1. The molecule has 2 aliphatic heterocycles. The summed E-state index contributed by atoms with van der Waals surface area (Å²) in [6, 6.07) is 8.64. The first-order valence-electron chi connectivity index (χ1n) is 10.2. The highest BCUT2D eigenvalue weighted by molar-refractivity contribution is 5.96. The summed E-state index contributed by atoms with van der Waals surface area (Å²) in [5.41, 5.74) is 0.0415. The monoisotopic (exact) mass is 413 g/mol. The summed E-state index contributed by atoms with van der Waals surface area (Å²) < 4.78 is 19.1. The molecule has 30 heavy (non-hydrogen) atoms. The average Bonchev–Trinajstić information content (AvgIpc) is 3.33. The van der Waals surface area contributed by atoms with E-state index in [0.29, 0.717) is 39.1 Å². The summed E-state index contributed by atoms with van der Waals surface area (Å²) in [5.74, 6) is -1.06. The number of carbonyl (C=O) groups is 3. The van der Waals surface area contributed by atoms with Crippen LogP contribution in [0.1, 0.15) is 40.2 Å². The average molecular weight is 413 g/mol. The van der Waals surface area contributed by atoms with Crippen LogP contribution in [0.25, 0.3) is 0 Å². The summed E-state index contributed by atoms with van der Waals surface area (Å²) >= 11 is 0. The fourth-order valence-electron chi connectivity index (χ4n) is 4.12. The number of carbonyl (C=O) groups excluding carboxylic acids is 3. The summed E-state index contributed by atoms with van der Waals surface area (Å²) in [6.45, 7) is 1.90. The number of nitrogens with zero attached hydrogens (tertiary/aromatic N) is 3. The van der Waals surface area contributed by atoms with Crippen LogP contribution >= 0.6 is 0 Å². The van der Waals surface area contributed by atoms with Crippen LogP contribution in [0.2, 0.25) is 0 Å². The molecule has 1 unspecified atom stereocenters. The van der Waals surface area contributed by atoms with Crippen molar-refractivity contribution in [2.75, 3.05) is 32.7 Å². The van der Waals surface area contributed by atoms with E-state index < -0.39 is 11.9 Å². The molecule has 1 atom stereocenters. The third-order valence-electron chi connectivity index (χ3n) is 5.76. The van der Waals surface area contributed by atoms with Crippen molar-refractivity contribution in [2.45, 2.75) is 25.3 Å². The lowest BCUT2D eigenvalue weighted by Gasteiger charge is -2.40. The van der Waals surface area contributed by atoms with Gasteiger partial charge in [0.1, 0.15) is 11.9 Å². The summed E-state index contributed by atoms with van der Waals surface area (Å²) in [6.07, 6.45) is 3.78. The lowest BCUT2D eigenvalue weighted by Crippen LogP contribution is -2.57. The molecule has 8 heteroatoms. The van der Waals surface area contributed by atoms with Crippen LogP contribution in [0.4, 0.5) is 4.39 Å². The molecule has 0 aliphatic carbocycles.